The molecule has 0 saturated carbocycles. The van der Waals surface area contributed by atoms with Gasteiger partial charge < -0.3 is 15.1 Å². The molecule has 1 aromatic rings. The van der Waals surface area contributed by atoms with Crippen LogP contribution in [0.1, 0.15) is 4.88 Å². The van der Waals surface area contributed by atoms with Crippen molar-refractivity contribution in [1.29, 1.82) is 0 Å². The zero-order valence-electron chi connectivity index (χ0n) is 8.79. The van der Waals surface area contributed by atoms with Crippen molar-refractivity contribution in [1.82, 2.24) is 4.90 Å². The lowest BCUT2D eigenvalue weighted by Gasteiger charge is -2.22. The van der Waals surface area contributed by atoms with E-state index in [1.54, 1.807) is 0 Å². The van der Waals surface area contributed by atoms with E-state index in [-0.39, 0.29) is 12.3 Å². The van der Waals surface area contributed by atoms with Crippen molar-refractivity contribution in [3.63, 3.8) is 0 Å². The monoisotopic (exact) mass is 243 g/mol. The molecule has 0 bridgehead atoms. The molecule has 0 aliphatic heterocycles. The van der Waals surface area contributed by atoms with Crippen LogP contribution in [0, 0.1) is 0 Å². The number of carboxylic acid groups (broad SMARTS) is 1. The first kappa shape index (κ1) is 12.7. The molecule has 6 heteroatoms. The molecule has 0 aliphatic rings. The van der Waals surface area contributed by atoms with Crippen LogP contribution in [0.3, 0.4) is 0 Å². The third-order valence-corrected chi connectivity index (χ3v) is 3.10. The minimum Gasteiger partial charge on any atom is -0.480 e. The zero-order valence-corrected chi connectivity index (χ0v) is 9.61. The van der Waals surface area contributed by atoms with Crippen molar-refractivity contribution in [3.05, 3.63) is 22.4 Å². The number of aliphatic carboxylic acids is 1. The highest BCUT2D eigenvalue weighted by Crippen LogP contribution is 2.11. The van der Waals surface area contributed by atoms with Crippen LogP contribution >= 0.6 is 11.3 Å². The third-order valence-electron chi connectivity index (χ3n) is 2.22. The summed E-state index contributed by atoms with van der Waals surface area (Å²) in [6.45, 7) is -0.581. The van der Waals surface area contributed by atoms with Gasteiger partial charge in [0.2, 0.25) is 5.91 Å². The summed E-state index contributed by atoms with van der Waals surface area (Å²) >= 11 is 1.44. The average molecular weight is 243 g/mol. The molecule has 1 amide bonds. The Morgan fingerprint density at radius 1 is 1.56 bits per heavy atom. The zero-order chi connectivity index (χ0) is 12.1. The van der Waals surface area contributed by atoms with Crippen LogP contribution in [0.25, 0.3) is 0 Å². The van der Waals surface area contributed by atoms with Gasteiger partial charge in [-0.2, -0.15) is 0 Å². The standard InChI is InChI=1S/C10H13NO4S/c1-11(8(6-12)10(14)15)9(13)5-7-3-2-4-16-7/h2-4,8,12H,5-6H2,1H3,(H,14,15). The number of hydrogen-bond donors (Lipinski definition) is 2. The predicted octanol–water partition coefficient (Wildman–Crippen LogP) is 0.194. The third kappa shape index (κ3) is 3.04. The predicted molar refractivity (Wildman–Crippen MR) is 59.3 cm³/mol. The highest BCUT2D eigenvalue weighted by Gasteiger charge is 2.25. The highest BCUT2D eigenvalue weighted by molar-refractivity contribution is 7.10. The molecule has 0 saturated heterocycles. The summed E-state index contributed by atoms with van der Waals surface area (Å²) in [5.74, 6) is -1.52. The molecular weight excluding hydrogens is 230 g/mol. The van der Waals surface area contributed by atoms with Crippen LogP contribution in [0.5, 0.6) is 0 Å². The van der Waals surface area contributed by atoms with E-state index in [1.165, 1.54) is 18.4 Å². The van der Waals surface area contributed by atoms with Crippen molar-refractivity contribution in [3.8, 4) is 0 Å². The molecule has 2 N–H and O–H groups in total. The Hall–Kier alpha value is -1.40. The molecule has 1 atom stereocenters. The fraction of sp³-hybridized carbons (Fsp3) is 0.400. The van der Waals surface area contributed by atoms with Crippen LogP contribution in [0.15, 0.2) is 17.5 Å². The summed E-state index contributed by atoms with van der Waals surface area (Å²) in [7, 11) is 1.38. The van der Waals surface area contributed by atoms with Gasteiger partial charge in [-0.3, -0.25) is 4.79 Å². The molecule has 0 aliphatic carbocycles. The quantitative estimate of drug-likeness (QED) is 0.774. The minimum atomic E-state index is -1.20. The molecule has 88 valence electrons. The van der Waals surface area contributed by atoms with Crippen LogP contribution in [-0.2, 0) is 16.0 Å². The Bertz CT molecular complexity index is 363. The molecule has 0 fully saturated rings. The maximum absolute atomic E-state index is 11.7. The number of carboxylic acids is 1. The number of likely N-dealkylation sites (N-methyl/N-ethyl adjacent to an activating group) is 1. The van der Waals surface area contributed by atoms with E-state index in [1.807, 2.05) is 17.5 Å². The van der Waals surface area contributed by atoms with Crippen LogP contribution in [-0.4, -0.2) is 46.7 Å². The first-order valence-electron chi connectivity index (χ1n) is 4.68. The van der Waals surface area contributed by atoms with Crippen molar-refractivity contribution < 1.29 is 19.8 Å². The summed E-state index contributed by atoms with van der Waals surface area (Å²) in [5, 5.41) is 19.5. The number of carbonyl (C=O) groups excluding carboxylic acids is 1. The molecule has 1 heterocycles. The van der Waals surface area contributed by atoms with Gasteiger partial charge in [-0.15, -0.1) is 11.3 Å². The Kier molecular flexibility index (Phi) is 4.45. The number of aliphatic hydroxyl groups is 1. The van der Waals surface area contributed by atoms with Crippen molar-refractivity contribution in [2.75, 3.05) is 13.7 Å². The van der Waals surface area contributed by atoms with E-state index in [9.17, 15) is 9.59 Å². The Morgan fingerprint density at radius 2 is 2.25 bits per heavy atom. The lowest BCUT2D eigenvalue weighted by atomic mass is 10.2. The van der Waals surface area contributed by atoms with Gasteiger partial charge in [0.1, 0.15) is 0 Å². The molecule has 1 rings (SSSR count). The smallest absolute Gasteiger partial charge is 0.328 e. The van der Waals surface area contributed by atoms with E-state index >= 15 is 0 Å². The first-order chi connectivity index (χ1) is 7.56. The van der Waals surface area contributed by atoms with Gasteiger partial charge in [-0.1, -0.05) is 6.07 Å². The van der Waals surface area contributed by atoms with Gasteiger partial charge in [-0.25, -0.2) is 4.79 Å². The molecule has 16 heavy (non-hydrogen) atoms. The molecule has 1 unspecified atom stereocenters. The Morgan fingerprint density at radius 3 is 2.69 bits per heavy atom. The normalized spacial score (nSPS) is 12.1. The molecule has 0 aromatic carbocycles. The van der Waals surface area contributed by atoms with Crippen LogP contribution < -0.4 is 0 Å². The number of rotatable bonds is 5. The molecule has 1 aromatic heterocycles. The summed E-state index contributed by atoms with van der Waals surface area (Å²) in [6.07, 6.45) is 0.165. The lowest BCUT2D eigenvalue weighted by molar-refractivity contribution is -0.150. The fourth-order valence-electron chi connectivity index (χ4n) is 1.23. The minimum absolute atomic E-state index is 0.165. The second-order valence-electron chi connectivity index (χ2n) is 3.30. The van der Waals surface area contributed by atoms with Crippen LogP contribution in [0.2, 0.25) is 0 Å². The van der Waals surface area contributed by atoms with Gasteiger partial charge in [0.25, 0.3) is 0 Å². The van der Waals surface area contributed by atoms with E-state index < -0.39 is 18.6 Å². The first-order valence-corrected chi connectivity index (χ1v) is 5.56. The summed E-state index contributed by atoms with van der Waals surface area (Å²) in [5.41, 5.74) is 0. The number of nitrogens with zero attached hydrogens (tertiary/aromatic N) is 1. The molecule has 0 radical (unpaired) electrons. The fourth-order valence-corrected chi connectivity index (χ4v) is 1.92. The van der Waals surface area contributed by atoms with Gasteiger partial charge >= 0.3 is 5.97 Å². The molecule has 5 nitrogen and oxygen atoms in total. The number of carbonyl (C=O) groups is 2. The molecule has 0 spiro atoms. The van der Waals surface area contributed by atoms with Gasteiger partial charge in [0.05, 0.1) is 13.0 Å². The van der Waals surface area contributed by atoms with E-state index in [2.05, 4.69) is 0 Å². The van der Waals surface area contributed by atoms with Crippen molar-refractivity contribution in [2.24, 2.45) is 0 Å². The summed E-state index contributed by atoms with van der Waals surface area (Å²) < 4.78 is 0. The van der Waals surface area contributed by atoms with E-state index in [4.69, 9.17) is 10.2 Å². The van der Waals surface area contributed by atoms with Gasteiger partial charge in [0, 0.05) is 11.9 Å². The van der Waals surface area contributed by atoms with Crippen molar-refractivity contribution >= 4 is 23.2 Å². The summed E-state index contributed by atoms with van der Waals surface area (Å²) in [4.78, 5) is 24.3. The number of hydrogen-bond acceptors (Lipinski definition) is 4. The second kappa shape index (κ2) is 5.62. The summed E-state index contributed by atoms with van der Waals surface area (Å²) in [6, 6.07) is 2.46. The largest absolute Gasteiger partial charge is 0.480 e. The average Bonchev–Trinajstić information content (AvgIpc) is 2.70. The Labute approximate surface area is 96.9 Å². The maximum atomic E-state index is 11.7. The SMILES string of the molecule is CN(C(=O)Cc1cccs1)C(CO)C(=O)O. The van der Waals surface area contributed by atoms with Gasteiger partial charge in [0.15, 0.2) is 6.04 Å². The maximum Gasteiger partial charge on any atom is 0.328 e. The lowest BCUT2D eigenvalue weighted by Crippen LogP contribution is -2.45. The highest BCUT2D eigenvalue weighted by atomic mass is 32.1. The number of aliphatic hydroxyl groups excluding tert-OH is 1. The second-order valence-corrected chi connectivity index (χ2v) is 4.33. The number of amides is 1. The van der Waals surface area contributed by atoms with Gasteiger partial charge in [-0.05, 0) is 11.4 Å². The van der Waals surface area contributed by atoms with E-state index in [0.717, 1.165) is 9.78 Å². The topological polar surface area (TPSA) is 77.8 Å². The Balaban J connectivity index is 2.62. The van der Waals surface area contributed by atoms with Crippen molar-refractivity contribution in [2.45, 2.75) is 12.5 Å². The van der Waals surface area contributed by atoms with Crippen LogP contribution in [0.4, 0.5) is 0 Å². The van der Waals surface area contributed by atoms with E-state index in [0.29, 0.717) is 0 Å². The number of thiophene rings is 1. The molecular formula is C10H13NO4S.